The minimum atomic E-state index is -0.302. The van der Waals surface area contributed by atoms with Crippen molar-refractivity contribution in [2.75, 3.05) is 7.11 Å². The lowest BCUT2D eigenvalue weighted by molar-refractivity contribution is 0.0599. The highest BCUT2D eigenvalue weighted by molar-refractivity contribution is 9.10. The second-order valence-corrected chi connectivity index (χ2v) is 5.72. The predicted molar refractivity (Wildman–Crippen MR) is 87.2 cm³/mol. The number of hydrogen-bond acceptors (Lipinski definition) is 3. The Hall–Kier alpha value is -1.65. The summed E-state index contributed by atoms with van der Waals surface area (Å²) in [6, 6.07) is 15.9. The molecule has 0 aliphatic heterocycles. The first-order chi connectivity index (χ1) is 10.1. The van der Waals surface area contributed by atoms with Crippen molar-refractivity contribution in [3.63, 3.8) is 0 Å². The van der Waals surface area contributed by atoms with Crippen LogP contribution in [0.25, 0.3) is 0 Å². The maximum atomic E-state index is 11.7. The van der Waals surface area contributed by atoms with Crippen molar-refractivity contribution < 1.29 is 9.53 Å². The second kappa shape index (κ2) is 7.38. The summed E-state index contributed by atoms with van der Waals surface area (Å²) >= 11 is 3.43. The van der Waals surface area contributed by atoms with Crippen LogP contribution in [0.3, 0.4) is 0 Å². The van der Waals surface area contributed by atoms with Gasteiger partial charge in [0.05, 0.1) is 12.7 Å². The third kappa shape index (κ3) is 4.16. The molecule has 0 bridgehead atoms. The summed E-state index contributed by atoms with van der Waals surface area (Å²) in [5.41, 5.74) is 2.75. The van der Waals surface area contributed by atoms with Crippen LogP contribution in [0.4, 0.5) is 0 Å². The Morgan fingerprint density at radius 3 is 2.52 bits per heavy atom. The number of rotatable bonds is 5. The zero-order valence-corrected chi connectivity index (χ0v) is 13.7. The third-order valence-electron chi connectivity index (χ3n) is 3.39. The molecule has 2 aromatic carbocycles. The first kappa shape index (κ1) is 15.7. The Kier molecular flexibility index (Phi) is 5.53. The van der Waals surface area contributed by atoms with E-state index in [0.29, 0.717) is 12.1 Å². The Morgan fingerprint density at radius 1 is 1.19 bits per heavy atom. The normalized spacial score (nSPS) is 12.0. The minimum absolute atomic E-state index is 0.198. The molecule has 4 heteroatoms. The van der Waals surface area contributed by atoms with E-state index < -0.39 is 0 Å². The molecule has 0 radical (unpaired) electrons. The van der Waals surface area contributed by atoms with E-state index in [9.17, 15) is 4.79 Å². The number of halogens is 1. The average Bonchev–Trinajstić information content (AvgIpc) is 2.52. The first-order valence-corrected chi connectivity index (χ1v) is 7.56. The molecule has 2 aromatic rings. The van der Waals surface area contributed by atoms with E-state index in [1.54, 1.807) is 6.07 Å². The minimum Gasteiger partial charge on any atom is -0.465 e. The number of nitrogens with one attached hydrogen (secondary N) is 1. The molecule has 0 saturated carbocycles. The number of methoxy groups -OCH3 is 1. The van der Waals surface area contributed by atoms with Gasteiger partial charge in [0.2, 0.25) is 0 Å². The fraction of sp³-hybridized carbons (Fsp3) is 0.235. The van der Waals surface area contributed by atoms with Crippen molar-refractivity contribution in [2.24, 2.45) is 0 Å². The fourth-order valence-electron chi connectivity index (χ4n) is 2.12. The molecule has 0 aliphatic carbocycles. The van der Waals surface area contributed by atoms with Gasteiger partial charge >= 0.3 is 5.97 Å². The second-order valence-electron chi connectivity index (χ2n) is 4.80. The maximum absolute atomic E-state index is 11.7. The zero-order valence-electron chi connectivity index (χ0n) is 12.1. The fourth-order valence-corrected chi connectivity index (χ4v) is 2.38. The Balaban J connectivity index is 2.06. The van der Waals surface area contributed by atoms with E-state index in [1.807, 2.05) is 30.3 Å². The molecule has 1 atom stereocenters. The van der Waals surface area contributed by atoms with Gasteiger partial charge in [-0.3, -0.25) is 0 Å². The van der Waals surface area contributed by atoms with Crippen molar-refractivity contribution in [2.45, 2.75) is 19.5 Å². The smallest absolute Gasteiger partial charge is 0.338 e. The lowest BCUT2D eigenvalue weighted by atomic mass is 10.1. The van der Waals surface area contributed by atoms with Crippen molar-refractivity contribution in [3.05, 3.63) is 69.7 Å². The first-order valence-electron chi connectivity index (χ1n) is 6.77. The van der Waals surface area contributed by atoms with Crippen LogP contribution in [0.2, 0.25) is 0 Å². The Labute approximate surface area is 133 Å². The average molecular weight is 348 g/mol. The van der Waals surface area contributed by atoms with Crippen LogP contribution in [-0.2, 0) is 11.3 Å². The quantitative estimate of drug-likeness (QED) is 0.828. The SMILES string of the molecule is COC(=O)c1ccccc1CN[C@@H](C)c1ccc(Br)cc1. The van der Waals surface area contributed by atoms with Crippen molar-refractivity contribution in [1.82, 2.24) is 5.32 Å². The molecule has 0 aliphatic rings. The third-order valence-corrected chi connectivity index (χ3v) is 3.92. The summed E-state index contributed by atoms with van der Waals surface area (Å²) in [5.74, 6) is -0.302. The molecule has 0 saturated heterocycles. The maximum Gasteiger partial charge on any atom is 0.338 e. The van der Waals surface area contributed by atoms with E-state index in [0.717, 1.165) is 10.0 Å². The number of carbonyl (C=O) groups excluding carboxylic acids is 1. The topological polar surface area (TPSA) is 38.3 Å². The predicted octanol–water partition coefficient (Wildman–Crippen LogP) is 4.09. The van der Waals surface area contributed by atoms with Crippen LogP contribution >= 0.6 is 15.9 Å². The van der Waals surface area contributed by atoms with E-state index >= 15 is 0 Å². The molecule has 110 valence electrons. The lowest BCUT2D eigenvalue weighted by Crippen LogP contribution is -2.20. The van der Waals surface area contributed by atoms with Crippen LogP contribution in [0.1, 0.15) is 34.5 Å². The Bertz CT molecular complexity index is 610. The number of esters is 1. The molecular weight excluding hydrogens is 330 g/mol. The highest BCUT2D eigenvalue weighted by Gasteiger charge is 2.12. The molecular formula is C17H18BrNO2. The molecule has 0 amide bonds. The van der Waals surface area contributed by atoms with Gasteiger partial charge in [0, 0.05) is 17.1 Å². The van der Waals surface area contributed by atoms with Gasteiger partial charge in [-0.25, -0.2) is 4.79 Å². The molecule has 0 aromatic heterocycles. The van der Waals surface area contributed by atoms with Gasteiger partial charge in [-0.2, -0.15) is 0 Å². The van der Waals surface area contributed by atoms with Crippen molar-refractivity contribution in [1.29, 1.82) is 0 Å². The summed E-state index contributed by atoms with van der Waals surface area (Å²) in [6.07, 6.45) is 0. The number of ether oxygens (including phenoxy) is 1. The molecule has 1 N–H and O–H groups in total. The summed E-state index contributed by atoms with van der Waals surface area (Å²) < 4.78 is 5.87. The largest absolute Gasteiger partial charge is 0.465 e. The molecule has 21 heavy (non-hydrogen) atoms. The van der Waals surface area contributed by atoms with E-state index in [1.165, 1.54) is 12.7 Å². The van der Waals surface area contributed by atoms with Gasteiger partial charge in [-0.05, 0) is 36.2 Å². The van der Waals surface area contributed by atoms with Crippen molar-refractivity contribution in [3.8, 4) is 0 Å². The monoisotopic (exact) mass is 347 g/mol. The molecule has 3 nitrogen and oxygen atoms in total. The summed E-state index contributed by atoms with van der Waals surface area (Å²) in [6.45, 7) is 2.71. The van der Waals surface area contributed by atoms with Crippen LogP contribution in [0.15, 0.2) is 53.0 Å². The van der Waals surface area contributed by atoms with Gasteiger partial charge in [0.1, 0.15) is 0 Å². The van der Waals surface area contributed by atoms with E-state index in [2.05, 4.69) is 40.3 Å². The molecule has 0 fully saturated rings. The summed E-state index contributed by atoms with van der Waals surface area (Å²) in [4.78, 5) is 11.7. The van der Waals surface area contributed by atoms with Gasteiger partial charge < -0.3 is 10.1 Å². The Morgan fingerprint density at radius 2 is 1.86 bits per heavy atom. The zero-order chi connectivity index (χ0) is 15.2. The number of carbonyl (C=O) groups is 1. The summed E-state index contributed by atoms with van der Waals surface area (Å²) in [5, 5.41) is 3.43. The number of benzene rings is 2. The molecule has 0 spiro atoms. The molecule has 0 heterocycles. The van der Waals surface area contributed by atoms with Crippen LogP contribution < -0.4 is 5.32 Å². The van der Waals surface area contributed by atoms with Crippen LogP contribution in [0.5, 0.6) is 0 Å². The van der Waals surface area contributed by atoms with Crippen LogP contribution in [-0.4, -0.2) is 13.1 Å². The van der Waals surface area contributed by atoms with Crippen LogP contribution in [0, 0.1) is 0 Å². The molecule has 0 unspecified atom stereocenters. The standard InChI is InChI=1S/C17H18BrNO2/c1-12(13-7-9-15(18)10-8-13)19-11-14-5-3-4-6-16(14)17(20)21-2/h3-10,12,19H,11H2,1-2H3/t12-/m0/s1. The summed E-state index contributed by atoms with van der Waals surface area (Å²) in [7, 11) is 1.40. The lowest BCUT2D eigenvalue weighted by Gasteiger charge is -2.16. The molecule has 2 rings (SSSR count). The van der Waals surface area contributed by atoms with Gasteiger partial charge in [0.15, 0.2) is 0 Å². The van der Waals surface area contributed by atoms with Gasteiger partial charge in [-0.1, -0.05) is 46.3 Å². The number of hydrogen-bond donors (Lipinski definition) is 1. The van der Waals surface area contributed by atoms with E-state index in [-0.39, 0.29) is 12.0 Å². The highest BCUT2D eigenvalue weighted by Crippen LogP contribution is 2.18. The van der Waals surface area contributed by atoms with E-state index in [4.69, 9.17) is 4.74 Å². The van der Waals surface area contributed by atoms with Gasteiger partial charge in [-0.15, -0.1) is 0 Å². The van der Waals surface area contributed by atoms with Gasteiger partial charge in [0.25, 0.3) is 0 Å². The highest BCUT2D eigenvalue weighted by atomic mass is 79.9. The van der Waals surface area contributed by atoms with Crippen molar-refractivity contribution >= 4 is 21.9 Å².